The van der Waals surface area contributed by atoms with Crippen LogP contribution >= 0.6 is 0 Å². The Morgan fingerprint density at radius 2 is 1.50 bits per heavy atom. The molecule has 1 heteroatoms. The fraction of sp³-hybridized carbons (Fsp3) is 0.615. The maximum absolute atomic E-state index is 7.65. The Balaban J connectivity index is 0. The molecule has 0 bridgehead atoms. The van der Waals surface area contributed by atoms with Crippen LogP contribution < -0.4 is 0 Å². The van der Waals surface area contributed by atoms with Gasteiger partial charge < -0.3 is 5.41 Å². The maximum atomic E-state index is 7.65. The zero-order valence-electron chi connectivity index (χ0n) is 10.5. The molecule has 14 heavy (non-hydrogen) atoms. The topological polar surface area (TPSA) is 23.9 Å². The van der Waals surface area contributed by atoms with Gasteiger partial charge in [-0.1, -0.05) is 54.2 Å². The largest absolute Gasteiger partial charge is 0.305 e. The summed E-state index contributed by atoms with van der Waals surface area (Å²) in [6.45, 7) is 16.0. The molecule has 0 aliphatic rings. The van der Waals surface area contributed by atoms with E-state index in [-0.39, 0.29) is 0 Å². The van der Waals surface area contributed by atoms with Crippen LogP contribution in [0.15, 0.2) is 24.3 Å². The minimum atomic E-state index is 0.304. The third kappa shape index (κ3) is 6.64. The van der Waals surface area contributed by atoms with E-state index in [1.807, 2.05) is 39.8 Å². The van der Waals surface area contributed by atoms with Crippen molar-refractivity contribution in [2.75, 3.05) is 0 Å². The highest BCUT2D eigenvalue weighted by atomic mass is 14.4. The lowest BCUT2D eigenvalue weighted by Gasteiger charge is -2.08. The van der Waals surface area contributed by atoms with Crippen molar-refractivity contribution in [2.45, 2.75) is 41.5 Å². The summed E-state index contributed by atoms with van der Waals surface area (Å²) in [5.74, 6) is 0.764. The third-order valence-electron chi connectivity index (χ3n) is 1.85. The second-order valence-electron chi connectivity index (χ2n) is 3.61. The predicted octanol–water partition coefficient (Wildman–Crippen LogP) is 4.46. The van der Waals surface area contributed by atoms with Gasteiger partial charge in [0.25, 0.3) is 0 Å². The van der Waals surface area contributed by atoms with Crippen molar-refractivity contribution in [1.29, 1.82) is 5.41 Å². The van der Waals surface area contributed by atoms with Gasteiger partial charge in [-0.3, -0.25) is 0 Å². The van der Waals surface area contributed by atoms with E-state index in [1.54, 1.807) is 0 Å². The minimum absolute atomic E-state index is 0.304. The van der Waals surface area contributed by atoms with Crippen LogP contribution in [0.5, 0.6) is 0 Å². The molecule has 0 aromatic heterocycles. The van der Waals surface area contributed by atoms with Crippen LogP contribution in [0.2, 0.25) is 0 Å². The van der Waals surface area contributed by atoms with Crippen molar-refractivity contribution >= 4 is 5.71 Å². The van der Waals surface area contributed by atoms with E-state index >= 15 is 0 Å². The Morgan fingerprint density at radius 1 is 1.07 bits per heavy atom. The molecular weight excluding hydrogens is 170 g/mol. The van der Waals surface area contributed by atoms with Gasteiger partial charge in [0.1, 0.15) is 0 Å². The summed E-state index contributed by atoms with van der Waals surface area (Å²) in [5, 5.41) is 7.65. The molecule has 1 nitrogen and oxygen atoms in total. The monoisotopic (exact) mass is 195 g/mol. The fourth-order valence-electron chi connectivity index (χ4n) is 0.808. The summed E-state index contributed by atoms with van der Waals surface area (Å²) < 4.78 is 0. The molecule has 0 aliphatic heterocycles. The van der Waals surface area contributed by atoms with Gasteiger partial charge in [-0.25, -0.2) is 0 Å². The standard InChI is InChI=1S/C11H19N.C2H6/c1-6-10(8(2)3)7-11(12)9(4)5;1-2/h6-9,12H,1H2,2-5H3;1-2H3/b10-7+,12-11?;. The molecule has 82 valence electrons. The molecular formula is C13H25N. The number of allylic oxidation sites excluding steroid dienone is 3. The fourth-order valence-corrected chi connectivity index (χ4v) is 0.808. The highest BCUT2D eigenvalue weighted by molar-refractivity contribution is 5.94. The Labute approximate surface area is 89.4 Å². The van der Waals surface area contributed by atoms with Gasteiger partial charge in [0.2, 0.25) is 0 Å². The molecule has 0 aliphatic carbocycles. The van der Waals surface area contributed by atoms with Crippen molar-refractivity contribution < 1.29 is 0 Å². The van der Waals surface area contributed by atoms with E-state index in [1.165, 1.54) is 0 Å². The maximum Gasteiger partial charge on any atom is 0.0342 e. The van der Waals surface area contributed by atoms with Gasteiger partial charge in [0, 0.05) is 5.71 Å². The Bertz CT molecular complexity index is 197. The van der Waals surface area contributed by atoms with Gasteiger partial charge in [-0.2, -0.15) is 0 Å². The van der Waals surface area contributed by atoms with Crippen LogP contribution in [0, 0.1) is 17.2 Å². The molecule has 0 saturated heterocycles. The first-order valence-corrected chi connectivity index (χ1v) is 5.41. The molecule has 0 rings (SSSR count). The molecule has 0 aromatic carbocycles. The van der Waals surface area contributed by atoms with Gasteiger partial charge in [-0.15, -0.1) is 0 Å². The quantitative estimate of drug-likeness (QED) is 0.506. The van der Waals surface area contributed by atoms with Crippen LogP contribution in [0.3, 0.4) is 0 Å². The first-order valence-electron chi connectivity index (χ1n) is 5.41. The Hall–Kier alpha value is -0.850. The highest BCUT2D eigenvalue weighted by Crippen LogP contribution is 2.11. The van der Waals surface area contributed by atoms with Crippen LogP contribution in [0.1, 0.15) is 41.5 Å². The molecule has 0 fully saturated rings. The minimum Gasteiger partial charge on any atom is -0.305 e. The average Bonchev–Trinajstić information content (AvgIpc) is 2.16. The molecule has 1 N–H and O–H groups in total. The summed E-state index contributed by atoms with van der Waals surface area (Å²) in [7, 11) is 0. The lowest BCUT2D eigenvalue weighted by Crippen LogP contribution is -2.04. The molecule has 0 unspecified atom stereocenters. The summed E-state index contributed by atoms with van der Waals surface area (Å²) in [6.07, 6.45) is 3.75. The summed E-state index contributed by atoms with van der Waals surface area (Å²) in [5.41, 5.74) is 1.83. The van der Waals surface area contributed by atoms with Crippen LogP contribution in [0.25, 0.3) is 0 Å². The van der Waals surface area contributed by atoms with Crippen molar-refractivity contribution in [3.05, 3.63) is 24.3 Å². The van der Waals surface area contributed by atoms with Crippen LogP contribution in [-0.2, 0) is 0 Å². The van der Waals surface area contributed by atoms with Gasteiger partial charge in [-0.05, 0) is 23.5 Å². The molecule has 0 saturated carbocycles. The lowest BCUT2D eigenvalue weighted by atomic mass is 9.98. The number of nitrogens with one attached hydrogen (secondary N) is 1. The van der Waals surface area contributed by atoms with E-state index in [2.05, 4.69) is 20.4 Å². The Morgan fingerprint density at radius 3 is 1.71 bits per heavy atom. The zero-order valence-corrected chi connectivity index (χ0v) is 10.5. The first kappa shape index (κ1) is 15.6. The molecule has 0 heterocycles. The van der Waals surface area contributed by atoms with Gasteiger partial charge in [0.05, 0.1) is 0 Å². The van der Waals surface area contributed by atoms with Crippen LogP contribution in [-0.4, -0.2) is 5.71 Å². The second-order valence-corrected chi connectivity index (χ2v) is 3.61. The molecule has 0 radical (unpaired) electrons. The Kier molecular flexibility index (Phi) is 9.74. The third-order valence-corrected chi connectivity index (χ3v) is 1.85. The molecule has 0 amide bonds. The average molecular weight is 195 g/mol. The summed E-state index contributed by atoms with van der Waals surface area (Å²) >= 11 is 0. The SMILES string of the molecule is C=C/C(=C\C(=N)C(C)C)C(C)C.CC. The molecule has 0 spiro atoms. The van der Waals surface area contributed by atoms with Crippen molar-refractivity contribution in [3.63, 3.8) is 0 Å². The molecule has 0 aromatic rings. The second kappa shape index (κ2) is 8.74. The number of hydrogen-bond donors (Lipinski definition) is 1. The zero-order chi connectivity index (χ0) is 11.7. The van der Waals surface area contributed by atoms with Crippen molar-refractivity contribution in [2.24, 2.45) is 11.8 Å². The first-order chi connectivity index (χ1) is 6.49. The van der Waals surface area contributed by atoms with E-state index < -0.39 is 0 Å². The molecule has 0 atom stereocenters. The summed E-state index contributed by atoms with van der Waals surface area (Å²) in [6, 6.07) is 0. The highest BCUT2D eigenvalue weighted by Gasteiger charge is 2.02. The van der Waals surface area contributed by atoms with Crippen molar-refractivity contribution in [1.82, 2.24) is 0 Å². The van der Waals surface area contributed by atoms with Crippen LogP contribution in [0.4, 0.5) is 0 Å². The van der Waals surface area contributed by atoms with E-state index in [4.69, 9.17) is 5.41 Å². The van der Waals surface area contributed by atoms with Gasteiger partial charge in [0.15, 0.2) is 0 Å². The number of rotatable bonds is 4. The van der Waals surface area contributed by atoms with E-state index in [0.717, 1.165) is 5.57 Å². The lowest BCUT2D eigenvalue weighted by molar-refractivity contribution is 0.790. The van der Waals surface area contributed by atoms with E-state index in [9.17, 15) is 0 Å². The van der Waals surface area contributed by atoms with Crippen molar-refractivity contribution in [3.8, 4) is 0 Å². The smallest absolute Gasteiger partial charge is 0.0342 e. The number of hydrogen-bond acceptors (Lipinski definition) is 1. The normalized spacial score (nSPS) is 11.0. The summed E-state index contributed by atoms with van der Waals surface area (Å²) in [4.78, 5) is 0. The van der Waals surface area contributed by atoms with E-state index in [0.29, 0.717) is 17.5 Å². The van der Waals surface area contributed by atoms with Gasteiger partial charge >= 0.3 is 0 Å². The predicted molar refractivity (Wildman–Crippen MR) is 67.0 cm³/mol.